The van der Waals surface area contributed by atoms with Crippen LogP contribution in [0.4, 0.5) is 4.39 Å². The van der Waals surface area contributed by atoms with Crippen LogP contribution in [0.15, 0.2) is 66.9 Å². The number of amides is 1. The molecule has 4 aromatic rings. The summed E-state index contributed by atoms with van der Waals surface area (Å²) < 4.78 is 15.1. The van der Waals surface area contributed by atoms with Crippen LogP contribution in [-0.4, -0.2) is 25.5 Å². The number of fused-ring (bicyclic) bond motifs is 1. The van der Waals surface area contributed by atoms with E-state index in [4.69, 9.17) is 0 Å². The average molecular weight is 418 g/mol. The second-order valence-electron chi connectivity index (χ2n) is 7.47. The van der Waals surface area contributed by atoms with Crippen LogP contribution in [0, 0.1) is 5.82 Å². The molecule has 2 heterocycles. The molecule has 2 N–H and O–H groups in total. The van der Waals surface area contributed by atoms with Crippen molar-refractivity contribution < 1.29 is 14.3 Å². The third-order valence-corrected chi connectivity index (χ3v) is 5.18. The van der Waals surface area contributed by atoms with Crippen LogP contribution in [0.25, 0.3) is 11.2 Å². The predicted octanol–water partition coefficient (Wildman–Crippen LogP) is 4.13. The Kier molecular flexibility index (Phi) is 5.93. The minimum atomic E-state index is -0.302. The number of hydrogen-bond acceptors (Lipinski definition) is 4. The SMILES string of the molecule is C[C@H](NC(=O)CCc1nc2cccnc2n1Cc1ccc(O)cc1)c1ccc(F)cc1. The lowest BCUT2D eigenvalue weighted by molar-refractivity contribution is -0.121. The normalized spacial score (nSPS) is 12.1. The van der Waals surface area contributed by atoms with Crippen molar-refractivity contribution in [3.63, 3.8) is 0 Å². The summed E-state index contributed by atoms with van der Waals surface area (Å²) in [6.07, 6.45) is 2.44. The van der Waals surface area contributed by atoms with Crippen LogP contribution in [-0.2, 0) is 17.8 Å². The maximum Gasteiger partial charge on any atom is 0.220 e. The number of rotatable bonds is 7. The molecule has 4 rings (SSSR count). The Bertz CT molecular complexity index is 1190. The summed E-state index contributed by atoms with van der Waals surface area (Å²) in [5.41, 5.74) is 3.37. The van der Waals surface area contributed by atoms with Gasteiger partial charge >= 0.3 is 0 Å². The average Bonchev–Trinajstić information content (AvgIpc) is 3.11. The van der Waals surface area contributed by atoms with Gasteiger partial charge in [-0.15, -0.1) is 0 Å². The van der Waals surface area contributed by atoms with E-state index in [0.717, 1.165) is 28.1 Å². The second-order valence-corrected chi connectivity index (χ2v) is 7.47. The summed E-state index contributed by atoms with van der Waals surface area (Å²) in [6.45, 7) is 2.41. The summed E-state index contributed by atoms with van der Waals surface area (Å²) in [4.78, 5) is 21.7. The molecule has 158 valence electrons. The van der Waals surface area contributed by atoms with Gasteiger partial charge in [-0.3, -0.25) is 4.79 Å². The van der Waals surface area contributed by atoms with Crippen molar-refractivity contribution in [2.75, 3.05) is 0 Å². The molecule has 31 heavy (non-hydrogen) atoms. The number of nitrogens with zero attached hydrogens (tertiary/aromatic N) is 3. The van der Waals surface area contributed by atoms with Gasteiger partial charge in [0, 0.05) is 19.0 Å². The maximum atomic E-state index is 13.1. The van der Waals surface area contributed by atoms with Crippen LogP contribution in [0.5, 0.6) is 5.75 Å². The fourth-order valence-corrected chi connectivity index (χ4v) is 3.52. The largest absolute Gasteiger partial charge is 0.508 e. The molecule has 0 aliphatic heterocycles. The van der Waals surface area contributed by atoms with Crippen LogP contribution >= 0.6 is 0 Å². The number of carbonyl (C=O) groups excluding carboxylic acids is 1. The third kappa shape index (κ3) is 4.88. The summed E-state index contributed by atoms with van der Waals surface area (Å²) in [7, 11) is 0. The first kappa shape index (κ1) is 20.5. The third-order valence-electron chi connectivity index (χ3n) is 5.18. The highest BCUT2D eigenvalue weighted by atomic mass is 19.1. The van der Waals surface area contributed by atoms with Crippen molar-refractivity contribution in [1.82, 2.24) is 19.9 Å². The van der Waals surface area contributed by atoms with Gasteiger partial charge in [0.15, 0.2) is 5.65 Å². The first-order chi connectivity index (χ1) is 15.0. The highest BCUT2D eigenvalue weighted by Gasteiger charge is 2.15. The number of aromatic hydroxyl groups is 1. The van der Waals surface area contributed by atoms with E-state index >= 15 is 0 Å². The van der Waals surface area contributed by atoms with Gasteiger partial charge in [-0.2, -0.15) is 0 Å². The van der Waals surface area contributed by atoms with Crippen LogP contribution in [0.3, 0.4) is 0 Å². The number of halogens is 1. The van der Waals surface area contributed by atoms with Gasteiger partial charge in [0.2, 0.25) is 5.91 Å². The van der Waals surface area contributed by atoms with Gasteiger partial charge in [0.25, 0.3) is 0 Å². The quantitative estimate of drug-likeness (QED) is 0.473. The molecule has 0 aliphatic carbocycles. The zero-order valence-corrected chi connectivity index (χ0v) is 17.1. The predicted molar refractivity (Wildman–Crippen MR) is 116 cm³/mol. The van der Waals surface area contributed by atoms with E-state index in [1.54, 1.807) is 30.5 Å². The molecule has 0 radical (unpaired) electrons. The standard InChI is InChI=1S/C24H23FN4O2/c1-16(18-6-8-19(25)9-7-18)27-23(31)13-12-22-28-21-3-2-14-26-24(21)29(22)15-17-4-10-20(30)11-5-17/h2-11,14,16,30H,12-13,15H2,1H3,(H,27,31)/t16-/m0/s1. The molecule has 2 aromatic heterocycles. The number of carbonyl (C=O) groups is 1. The van der Waals surface area contributed by atoms with E-state index in [1.807, 2.05) is 35.8 Å². The number of phenols is 1. The topological polar surface area (TPSA) is 80.0 Å². The summed E-state index contributed by atoms with van der Waals surface area (Å²) in [5.74, 6) is 0.576. The van der Waals surface area contributed by atoms with Gasteiger partial charge in [-0.05, 0) is 54.4 Å². The maximum absolute atomic E-state index is 13.1. The molecule has 6 nitrogen and oxygen atoms in total. The van der Waals surface area contributed by atoms with Crippen LogP contribution < -0.4 is 5.32 Å². The Morgan fingerprint density at radius 3 is 2.61 bits per heavy atom. The van der Waals surface area contributed by atoms with Gasteiger partial charge in [-0.25, -0.2) is 14.4 Å². The molecule has 0 aliphatic rings. The summed E-state index contributed by atoms with van der Waals surface area (Å²) in [6, 6.07) is 16.6. The molecule has 0 saturated heterocycles. The monoisotopic (exact) mass is 418 g/mol. The summed E-state index contributed by atoms with van der Waals surface area (Å²) >= 11 is 0. The highest BCUT2D eigenvalue weighted by Crippen LogP contribution is 2.19. The Hall–Kier alpha value is -3.74. The van der Waals surface area contributed by atoms with E-state index in [1.165, 1.54) is 12.1 Å². The highest BCUT2D eigenvalue weighted by molar-refractivity contribution is 5.77. The van der Waals surface area contributed by atoms with Gasteiger partial charge < -0.3 is 15.0 Å². The number of aryl methyl sites for hydroxylation is 1. The number of imidazole rings is 1. The fourth-order valence-electron chi connectivity index (χ4n) is 3.52. The lowest BCUT2D eigenvalue weighted by atomic mass is 10.1. The van der Waals surface area contributed by atoms with E-state index < -0.39 is 0 Å². The fraction of sp³-hybridized carbons (Fsp3) is 0.208. The number of aromatic nitrogens is 3. The van der Waals surface area contributed by atoms with E-state index in [0.29, 0.717) is 13.0 Å². The minimum absolute atomic E-state index is 0.104. The molecule has 7 heteroatoms. The molecule has 1 atom stereocenters. The zero-order valence-electron chi connectivity index (χ0n) is 17.1. The minimum Gasteiger partial charge on any atom is -0.508 e. The van der Waals surface area contributed by atoms with E-state index in [9.17, 15) is 14.3 Å². The lowest BCUT2D eigenvalue weighted by Gasteiger charge is -2.14. The zero-order chi connectivity index (χ0) is 21.8. The summed E-state index contributed by atoms with van der Waals surface area (Å²) in [5, 5.41) is 12.5. The number of pyridine rings is 1. The second kappa shape index (κ2) is 8.95. The van der Waals surface area contributed by atoms with Crippen molar-refractivity contribution in [3.05, 3.63) is 89.6 Å². The van der Waals surface area contributed by atoms with Gasteiger partial charge in [0.05, 0.1) is 12.6 Å². The first-order valence-corrected chi connectivity index (χ1v) is 10.1. The Balaban J connectivity index is 1.48. The molecule has 0 saturated carbocycles. The molecule has 2 aromatic carbocycles. The Morgan fingerprint density at radius 2 is 1.87 bits per heavy atom. The van der Waals surface area contributed by atoms with Crippen molar-refractivity contribution in [2.45, 2.75) is 32.4 Å². The Morgan fingerprint density at radius 1 is 1.13 bits per heavy atom. The van der Waals surface area contributed by atoms with E-state index in [-0.39, 0.29) is 29.9 Å². The first-order valence-electron chi connectivity index (χ1n) is 10.1. The number of hydrogen-bond donors (Lipinski definition) is 2. The van der Waals surface area contributed by atoms with Gasteiger partial charge in [0.1, 0.15) is 22.9 Å². The van der Waals surface area contributed by atoms with Crippen molar-refractivity contribution in [2.24, 2.45) is 0 Å². The van der Waals surface area contributed by atoms with Gasteiger partial charge in [-0.1, -0.05) is 24.3 Å². The molecule has 0 bridgehead atoms. The van der Waals surface area contributed by atoms with Crippen molar-refractivity contribution >= 4 is 17.1 Å². The molecule has 1 amide bonds. The molecule has 0 unspecified atom stereocenters. The van der Waals surface area contributed by atoms with E-state index in [2.05, 4.69) is 15.3 Å². The molecule has 0 spiro atoms. The number of phenolic OH excluding ortho intramolecular Hbond substituents is 1. The number of benzene rings is 2. The smallest absolute Gasteiger partial charge is 0.220 e. The van der Waals surface area contributed by atoms with Crippen molar-refractivity contribution in [1.29, 1.82) is 0 Å². The molecular formula is C24H23FN4O2. The number of nitrogens with one attached hydrogen (secondary N) is 1. The van der Waals surface area contributed by atoms with Crippen molar-refractivity contribution in [3.8, 4) is 5.75 Å². The molecular weight excluding hydrogens is 395 g/mol. The lowest BCUT2D eigenvalue weighted by Crippen LogP contribution is -2.27. The molecule has 0 fully saturated rings. The van der Waals surface area contributed by atoms with Crippen LogP contribution in [0.2, 0.25) is 0 Å². The van der Waals surface area contributed by atoms with Crippen LogP contribution in [0.1, 0.15) is 36.3 Å². The Labute approximate surface area is 179 Å².